The summed E-state index contributed by atoms with van der Waals surface area (Å²) in [5.41, 5.74) is 3.70. The molecule has 0 radical (unpaired) electrons. The minimum absolute atomic E-state index is 0.424. The quantitative estimate of drug-likeness (QED) is 0.736. The average molecular weight is 285 g/mol. The molecule has 116 valence electrons. The van der Waals surface area contributed by atoms with E-state index >= 15 is 0 Å². The number of unbranched alkanes of at least 4 members (excludes halogenated alkanes) is 1. The SMILES string of the molecule is CCCCc1ccc(NC2C(C)(C)[C@H]3CC[C@]2(C)C3)cc1. The van der Waals surface area contributed by atoms with Gasteiger partial charge in [-0.15, -0.1) is 0 Å². The van der Waals surface area contributed by atoms with E-state index in [4.69, 9.17) is 0 Å². The minimum atomic E-state index is 0.424. The predicted octanol–water partition coefficient (Wildman–Crippen LogP) is 5.66. The van der Waals surface area contributed by atoms with Crippen LogP contribution in [0.4, 0.5) is 5.69 Å². The van der Waals surface area contributed by atoms with Gasteiger partial charge in [0.1, 0.15) is 0 Å². The highest BCUT2D eigenvalue weighted by molar-refractivity contribution is 5.47. The first-order valence-electron chi connectivity index (χ1n) is 8.81. The van der Waals surface area contributed by atoms with Crippen LogP contribution in [0.25, 0.3) is 0 Å². The third-order valence-electron chi connectivity index (χ3n) is 6.35. The van der Waals surface area contributed by atoms with Crippen molar-refractivity contribution in [2.75, 3.05) is 5.32 Å². The molecule has 2 bridgehead atoms. The first-order chi connectivity index (χ1) is 9.95. The second-order valence-electron chi connectivity index (χ2n) is 8.29. The summed E-state index contributed by atoms with van der Waals surface area (Å²) in [7, 11) is 0. The Morgan fingerprint density at radius 3 is 2.43 bits per heavy atom. The van der Waals surface area contributed by atoms with Gasteiger partial charge >= 0.3 is 0 Å². The summed E-state index contributed by atoms with van der Waals surface area (Å²) >= 11 is 0. The molecule has 0 aliphatic heterocycles. The predicted molar refractivity (Wildman–Crippen MR) is 91.7 cm³/mol. The van der Waals surface area contributed by atoms with Crippen molar-refractivity contribution in [3.05, 3.63) is 29.8 Å². The van der Waals surface area contributed by atoms with Gasteiger partial charge in [-0.1, -0.05) is 46.2 Å². The second-order valence-corrected chi connectivity index (χ2v) is 8.29. The molecular formula is C20H31N. The summed E-state index contributed by atoms with van der Waals surface area (Å²) in [6.45, 7) is 9.69. The van der Waals surface area contributed by atoms with Gasteiger partial charge in [0, 0.05) is 11.7 Å². The van der Waals surface area contributed by atoms with Gasteiger partial charge in [-0.25, -0.2) is 0 Å². The Bertz CT molecular complexity index is 482. The van der Waals surface area contributed by atoms with Gasteiger partial charge in [0.2, 0.25) is 0 Å². The molecule has 1 heteroatoms. The topological polar surface area (TPSA) is 12.0 Å². The minimum Gasteiger partial charge on any atom is -0.381 e. The molecule has 0 saturated heterocycles. The van der Waals surface area contributed by atoms with Crippen LogP contribution in [-0.2, 0) is 6.42 Å². The van der Waals surface area contributed by atoms with Gasteiger partial charge < -0.3 is 5.32 Å². The molecule has 0 heterocycles. The molecule has 1 unspecified atom stereocenters. The van der Waals surface area contributed by atoms with E-state index in [2.05, 4.69) is 57.3 Å². The molecule has 3 rings (SSSR count). The van der Waals surface area contributed by atoms with E-state index in [1.807, 2.05) is 0 Å². The summed E-state index contributed by atoms with van der Waals surface area (Å²) in [5, 5.41) is 3.89. The maximum absolute atomic E-state index is 3.89. The van der Waals surface area contributed by atoms with Crippen LogP contribution in [0.2, 0.25) is 0 Å². The summed E-state index contributed by atoms with van der Waals surface area (Å²) in [5.74, 6) is 0.906. The summed E-state index contributed by atoms with van der Waals surface area (Å²) < 4.78 is 0. The number of hydrogen-bond donors (Lipinski definition) is 1. The van der Waals surface area contributed by atoms with Gasteiger partial charge in [-0.2, -0.15) is 0 Å². The normalized spacial score (nSPS) is 33.3. The Morgan fingerprint density at radius 2 is 1.86 bits per heavy atom. The fourth-order valence-electron chi connectivity index (χ4n) is 4.98. The highest BCUT2D eigenvalue weighted by atomic mass is 15.0. The van der Waals surface area contributed by atoms with Crippen LogP contribution in [0, 0.1) is 16.7 Å². The molecule has 1 aromatic rings. The van der Waals surface area contributed by atoms with E-state index in [0.717, 1.165) is 5.92 Å². The molecule has 3 atom stereocenters. The fourth-order valence-corrected chi connectivity index (χ4v) is 4.98. The maximum Gasteiger partial charge on any atom is 0.0368 e. The zero-order valence-electron chi connectivity index (χ0n) is 14.2. The Balaban J connectivity index is 1.71. The van der Waals surface area contributed by atoms with Gasteiger partial charge in [-0.3, -0.25) is 0 Å². The highest BCUT2D eigenvalue weighted by Crippen LogP contribution is 2.63. The molecule has 1 nitrogen and oxygen atoms in total. The number of anilines is 1. The molecule has 2 fully saturated rings. The molecule has 2 aliphatic rings. The van der Waals surface area contributed by atoms with E-state index in [0.29, 0.717) is 16.9 Å². The maximum atomic E-state index is 3.89. The van der Waals surface area contributed by atoms with Crippen LogP contribution in [0.1, 0.15) is 65.4 Å². The Morgan fingerprint density at radius 1 is 1.14 bits per heavy atom. The summed E-state index contributed by atoms with van der Waals surface area (Å²) in [6.07, 6.45) is 8.01. The first-order valence-corrected chi connectivity index (χ1v) is 8.81. The lowest BCUT2D eigenvalue weighted by Crippen LogP contribution is -2.45. The largest absolute Gasteiger partial charge is 0.381 e. The van der Waals surface area contributed by atoms with Crippen molar-refractivity contribution in [1.82, 2.24) is 0 Å². The van der Waals surface area contributed by atoms with Crippen molar-refractivity contribution in [3.63, 3.8) is 0 Å². The van der Waals surface area contributed by atoms with Gasteiger partial charge in [0.15, 0.2) is 0 Å². The third-order valence-corrected chi connectivity index (χ3v) is 6.35. The van der Waals surface area contributed by atoms with Crippen molar-refractivity contribution in [2.24, 2.45) is 16.7 Å². The standard InChI is InChI=1S/C20H31N/c1-5-6-7-15-8-10-17(11-9-15)21-18-19(2,3)16-12-13-20(18,4)14-16/h8-11,16,18,21H,5-7,12-14H2,1-4H3/t16-,18?,20+/m0/s1. The van der Waals surface area contributed by atoms with E-state index in [1.54, 1.807) is 0 Å². The Kier molecular flexibility index (Phi) is 3.80. The Labute approximate surface area is 130 Å². The number of nitrogens with one attached hydrogen (secondary N) is 1. The van der Waals surface area contributed by atoms with Crippen LogP contribution >= 0.6 is 0 Å². The smallest absolute Gasteiger partial charge is 0.0368 e. The number of aryl methyl sites for hydroxylation is 1. The molecule has 0 spiro atoms. The summed E-state index contributed by atoms with van der Waals surface area (Å²) in [4.78, 5) is 0. The zero-order valence-corrected chi connectivity index (χ0v) is 14.2. The van der Waals surface area contributed by atoms with Gasteiger partial charge in [-0.05, 0) is 66.5 Å². The molecule has 2 aliphatic carbocycles. The van der Waals surface area contributed by atoms with Gasteiger partial charge in [0.05, 0.1) is 0 Å². The third kappa shape index (κ3) is 2.60. The van der Waals surface area contributed by atoms with Crippen LogP contribution in [0.5, 0.6) is 0 Å². The lowest BCUT2D eigenvalue weighted by Gasteiger charge is -2.43. The molecular weight excluding hydrogens is 254 g/mol. The van der Waals surface area contributed by atoms with E-state index < -0.39 is 0 Å². The number of hydrogen-bond acceptors (Lipinski definition) is 1. The average Bonchev–Trinajstić information content (AvgIpc) is 2.94. The second kappa shape index (κ2) is 5.34. The highest BCUT2D eigenvalue weighted by Gasteiger charge is 2.59. The molecule has 0 amide bonds. The fraction of sp³-hybridized carbons (Fsp3) is 0.700. The van der Waals surface area contributed by atoms with E-state index in [1.165, 1.54) is 49.8 Å². The first kappa shape index (κ1) is 14.9. The molecule has 2 saturated carbocycles. The zero-order chi connectivity index (χ0) is 15.1. The lowest BCUT2D eigenvalue weighted by molar-refractivity contribution is 0.155. The van der Waals surface area contributed by atoms with Crippen molar-refractivity contribution >= 4 is 5.69 Å². The van der Waals surface area contributed by atoms with E-state index in [-0.39, 0.29) is 0 Å². The Hall–Kier alpha value is -0.980. The van der Waals surface area contributed by atoms with Crippen molar-refractivity contribution in [1.29, 1.82) is 0 Å². The number of benzene rings is 1. The molecule has 0 aromatic heterocycles. The summed E-state index contributed by atoms with van der Waals surface area (Å²) in [6, 6.07) is 9.80. The molecule has 21 heavy (non-hydrogen) atoms. The van der Waals surface area contributed by atoms with Crippen LogP contribution in [0.15, 0.2) is 24.3 Å². The van der Waals surface area contributed by atoms with E-state index in [9.17, 15) is 0 Å². The molecule has 1 aromatic carbocycles. The molecule has 1 N–H and O–H groups in total. The van der Waals surface area contributed by atoms with Crippen molar-refractivity contribution in [3.8, 4) is 0 Å². The van der Waals surface area contributed by atoms with Crippen LogP contribution < -0.4 is 5.32 Å². The number of fused-ring (bicyclic) bond motifs is 2. The van der Waals surface area contributed by atoms with Crippen molar-refractivity contribution < 1.29 is 0 Å². The monoisotopic (exact) mass is 285 g/mol. The lowest BCUT2D eigenvalue weighted by atomic mass is 9.68. The van der Waals surface area contributed by atoms with Crippen molar-refractivity contribution in [2.45, 2.75) is 72.3 Å². The van der Waals surface area contributed by atoms with Gasteiger partial charge in [0.25, 0.3) is 0 Å². The number of rotatable bonds is 5. The van der Waals surface area contributed by atoms with Crippen LogP contribution in [0.3, 0.4) is 0 Å². The van der Waals surface area contributed by atoms with Crippen LogP contribution in [-0.4, -0.2) is 6.04 Å².